The van der Waals surface area contributed by atoms with Crippen LogP contribution in [0, 0.1) is 0 Å². The van der Waals surface area contributed by atoms with Gasteiger partial charge in [0.2, 0.25) is 0 Å². The summed E-state index contributed by atoms with van der Waals surface area (Å²) in [5.74, 6) is 0.857. The van der Waals surface area contributed by atoms with E-state index in [1.165, 1.54) is 0 Å². The van der Waals surface area contributed by atoms with Crippen LogP contribution in [0.4, 0.5) is 0 Å². The van der Waals surface area contributed by atoms with Gasteiger partial charge in [0, 0.05) is 23.3 Å². The second-order valence-electron chi connectivity index (χ2n) is 4.56. The maximum absolute atomic E-state index is 5.31. The van der Waals surface area contributed by atoms with Crippen LogP contribution in [0.25, 0.3) is 28.2 Å². The van der Waals surface area contributed by atoms with Crippen molar-refractivity contribution in [2.75, 3.05) is 7.11 Å². The van der Waals surface area contributed by atoms with E-state index in [-0.39, 0.29) is 0 Å². The van der Waals surface area contributed by atoms with Gasteiger partial charge in [0.1, 0.15) is 11.4 Å². The molecule has 0 saturated carbocycles. The number of ether oxygens (including phenoxy) is 1. The zero-order valence-electron chi connectivity index (χ0n) is 11.6. The average Bonchev–Trinajstić information content (AvgIpc) is 2.91. The van der Waals surface area contributed by atoms with Gasteiger partial charge in [-0.25, -0.2) is 4.98 Å². The van der Waals surface area contributed by atoms with E-state index in [1.807, 2.05) is 49.7 Å². The monoisotopic (exact) mass is 264 g/mol. The summed E-state index contributed by atoms with van der Waals surface area (Å²) < 4.78 is 5.31. The molecule has 20 heavy (non-hydrogen) atoms. The smallest absolute Gasteiger partial charge is 0.138 e. The highest BCUT2D eigenvalue weighted by atomic mass is 16.5. The molecule has 2 aromatic heterocycles. The number of hydrogen-bond acceptors (Lipinski definition) is 2. The predicted molar refractivity (Wildman–Crippen MR) is 82.8 cm³/mol. The third-order valence-corrected chi connectivity index (χ3v) is 3.33. The molecule has 0 atom stereocenters. The Labute approximate surface area is 117 Å². The molecule has 0 radical (unpaired) electrons. The number of nitrogens with one attached hydrogen (secondary N) is 1. The summed E-state index contributed by atoms with van der Waals surface area (Å²) in [6, 6.07) is 10.1. The topological polar surface area (TPSA) is 37.9 Å². The summed E-state index contributed by atoms with van der Waals surface area (Å²) in [6.07, 6.45) is 7.93. The zero-order valence-corrected chi connectivity index (χ0v) is 11.6. The molecule has 0 unspecified atom stereocenters. The lowest BCUT2D eigenvalue weighted by Gasteiger charge is -2.07. The lowest BCUT2D eigenvalue weighted by atomic mass is 10.0. The van der Waals surface area contributed by atoms with Crippen molar-refractivity contribution in [3.8, 4) is 16.9 Å². The summed E-state index contributed by atoms with van der Waals surface area (Å²) in [5.41, 5.74) is 4.33. The first-order valence-corrected chi connectivity index (χ1v) is 6.56. The van der Waals surface area contributed by atoms with Gasteiger partial charge >= 0.3 is 0 Å². The van der Waals surface area contributed by atoms with E-state index in [0.29, 0.717) is 0 Å². The second kappa shape index (κ2) is 5.21. The SMILES string of the molecule is C/C=C/c1c[nH]c2nccc(-c3cccc(OC)c3)c12. The van der Waals surface area contributed by atoms with Crippen molar-refractivity contribution in [1.29, 1.82) is 0 Å². The molecule has 0 spiro atoms. The third-order valence-electron chi connectivity index (χ3n) is 3.33. The van der Waals surface area contributed by atoms with Crippen LogP contribution in [0.15, 0.2) is 48.8 Å². The molecule has 0 aliphatic heterocycles. The van der Waals surface area contributed by atoms with Crippen LogP contribution in [-0.2, 0) is 0 Å². The van der Waals surface area contributed by atoms with Crippen LogP contribution in [-0.4, -0.2) is 17.1 Å². The molecular formula is C17H16N2O. The zero-order chi connectivity index (χ0) is 13.9. The van der Waals surface area contributed by atoms with E-state index in [0.717, 1.165) is 33.5 Å². The van der Waals surface area contributed by atoms with Crippen molar-refractivity contribution in [1.82, 2.24) is 9.97 Å². The standard InChI is InChI=1S/C17H16N2O/c1-3-5-13-11-19-17-16(13)15(8-9-18-17)12-6-4-7-14(10-12)20-2/h3-11H,1-2H3,(H,18,19)/b5-3+. The first-order valence-electron chi connectivity index (χ1n) is 6.56. The number of rotatable bonds is 3. The van der Waals surface area contributed by atoms with Gasteiger partial charge in [-0.3, -0.25) is 0 Å². The van der Waals surface area contributed by atoms with E-state index >= 15 is 0 Å². The number of H-pyrrole nitrogens is 1. The van der Waals surface area contributed by atoms with Gasteiger partial charge in [-0.15, -0.1) is 0 Å². The fourth-order valence-corrected chi connectivity index (χ4v) is 2.42. The Balaban J connectivity index is 2.26. The molecule has 0 amide bonds. The van der Waals surface area contributed by atoms with Gasteiger partial charge in [-0.05, 0) is 36.2 Å². The highest BCUT2D eigenvalue weighted by Gasteiger charge is 2.10. The quantitative estimate of drug-likeness (QED) is 0.767. The maximum Gasteiger partial charge on any atom is 0.138 e. The van der Waals surface area contributed by atoms with Crippen molar-refractivity contribution < 1.29 is 4.74 Å². The summed E-state index contributed by atoms with van der Waals surface area (Å²) in [7, 11) is 1.68. The van der Waals surface area contributed by atoms with Gasteiger partial charge in [-0.1, -0.05) is 24.3 Å². The molecule has 1 aromatic carbocycles. The van der Waals surface area contributed by atoms with Crippen LogP contribution < -0.4 is 4.74 Å². The fourth-order valence-electron chi connectivity index (χ4n) is 2.42. The molecule has 3 rings (SSSR count). The van der Waals surface area contributed by atoms with Crippen molar-refractivity contribution >= 4 is 17.1 Å². The Bertz CT molecular complexity index is 772. The van der Waals surface area contributed by atoms with Crippen LogP contribution in [0.2, 0.25) is 0 Å². The highest BCUT2D eigenvalue weighted by Crippen LogP contribution is 2.32. The minimum Gasteiger partial charge on any atom is -0.497 e. The van der Waals surface area contributed by atoms with E-state index in [4.69, 9.17) is 4.74 Å². The van der Waals surface area contributed by atoms with Crippen LogP contribution >= 0.6 is 0 Å². The van der Waals surface area contributed by atoms with Gasteiger partial charge < -0.3 is 9.72 Å². The van der Waals surface area contributed by atoms with E-state index in [1.54, 1.807) is 7.11 Å². The minimum atomic E-state index is 0.857. The van der Waals surface area contributed by atoms with Gasteiger partial charge in [0.25, 0.3) is 0 Å². The molecular weight excluding hydrogens is 248 g/mol. The number of pyridine rings is 1. The van der Waals surface area contributed by atoms with Crippen LogP contribution in [0.1, 0.15) is 12.5 Å². The number of hydrogen-bond donors (Lipinski definition) is 1. The third kappa shape index (κ3) is 2.07. The summed E-state index contributed by atoms with van der Waals surface area (Å²) >= 11 is 0. The number of allylic oxidation sites excluding steroid dienone is 1. The molecule has 0 bridgehead atoms. The van der Waals surface area contributed by atoms with E-state index < -0.39 is 0 Å². The van der Waals surface area contributed by atoms with Crippen molar-refractivity contribution in [3.05, 3.63) is 54.4 Å². The normalized spacial score (nSPS) is 11.3. The molecule has 0 saturated heterocycles. The van der Waals surface area contributed by atoms with Crippen molar-refractivity contribution in [2.24, 2.45) is 0 Å². The van der Waals surface area contributed by atoms with Gasteiger partial charge in [-0.2, -0.15) is 0 Å². The lowest BCUT2D eigenvalue weighted by molar-refractivity contribution is 0.415. The molecule has 0 aliphatic rings. The van der Waals surface area contributed by atoms with Gasteiger partial charge in [0.05, 0.1) is 7.11 Å². The van der Waals surface area contributed by atoms with E-state index in [9.17, 15) is 0 Å². The second-order valence-corrected chi connectivity index (χ2v) is 4.56. The number of aromatic amines is 1. The van der Waals surface area contributed by atoms with Crippen molar-refractivity contribution in [2.45, 2.75) is 6.92 Å². The first-order chi connectivity index (χ1) is 9.83. The molecule has 3 aromatic rings. The number of benzene rings is 1. The highest BCUT2D eigenvalue weighted by molar-refractivity contribution is 5.99. The number of methoxy groups -OCH3 is 1. The summed E-state index contributed by atoms with van der Waals surface area (Å²) in [5, 5.41) is 1.14. The average molecular weight is 264 g/mol. The molecule has 0 aliphatic carbocycles. The Morgan fingerprint density at radius 1 is 1.25 bits per heavy atom. The summed E-state index contributed by atoms with van der Waals surface area (Å²) in [4.78, 5) is 7.61. The lowest BCUT2D eigenvalue weighted by Crippen LogP contribution is -1.86. The number of fused-ring (bicyclic) bond motifs is 1. The Hall–Kier alpha value is -2.55. The molecule has 3 nitrogen and oxygen atoms in total. The Morgan fingerprint density at radius 3 is 2.95 bits per heavy atom. The number of aromatic nitrogens is 2. The first kappa shape index (κ1) is 12.5. The molecule has 100 valence electrons. The molecule has 2 heterocycles. The minimum absolute atomic E-state index is 0.857. The van der Waals surface area contributed by atoms with Crippen LogP contribution in [0.5, 0.6) is 5.75 Å². The molecule has 0 fully saturated rings. The largest absolute Gasteiger partial charge is 0.497 e. The maximum atomic E-state index is 5.31. The summed E-state index contributed by atoms with van der Waals surface area (Å²) in [6.45, 7) is 2.01. The number of nitrogens with zero attached hydrogens (tertiary/aromatic N) is 1. The van der Waals surface area contributed by atoms with Crippen molar-refractivity contribution in [3.63, 3.8) is 0 Å². The predicted octanol–water partition coefficient (Wildman–Crippen LogP) is 4.27. The Kier molecular flexibility index (Phi) is 3.25. The fraction of sp³-hybridized carbons (Fsp3) is 0.118. The molecule has 3 heteroatoms. The van der Waals surface area contributed by atoms with E-state index in [2.05, 4.69) is 22.1 Å². The molecule has 1 N–H and O–H groups in total. The van der Waals surface area contributed by atoms with Gasteiger partial charge in [0.15, 0.2) is 0 Å². The Morgan fingerprint density at radius 2 is 2.15 bits per heavy atom. The van der Waals surface area contributed by atoms with Crippen LogP contribution in [0.3, 0.4) is 0 Å².